The van der Waals surface area contributed by atoms with Crippen LogP contribution in [0.1, 0.15) is 43.1 Å². The lowest BCUT2D eigenvalue weighted by Gasteiger charge is -2.14. The lowest BCUT2D eigenvalue weighted by molar-refractivity contribution is 0.665. The van der Waals surface area contributed by atoms with Crippen molar-refractivity contribution in [3.63, 3.8) is 0 Å². The van der Waals surface area contributed by atoms with E-state index < -0.39 is 0 Å². The molecule has 0 bridgehead atoms. The van der Waals surface area contributed by atoms with Crippen molar-refractivity contribution in [1.29, 1.82) is 5.26 Å². The van der Waals surface area contributed by atoms with Crippen molar-refractivity contribution in [2.45, 2.75) is 31.6 Å². The standard InChI is InChI=1S/C12H16N4/c1-16(2)11-7-10(8-13)14-12(15-11)9-5-3-4-6-9/h7,9H,3-6H2,1-2H3. The average Bonchev–Trinajstić information content (AvgIpc) is 2.81. The highest BCUT2D eigenvalue weighted by atomic mass is 15.1. The molecular formula is C12H16N4. The van der Waals surface area contributed by atoms with Crippen LogP contribution in [0.3, 0.4) is 0 Å². The van der Waals surface area contributed by atoms with Gasteiger partial charge < -0.3 is 4.90 Å². The van der Waals surface area contributed by atoms with Crippen molar-refractivity contribution in [2.75, 3.05) is 19.0 Å². The molecule has 0 unspecified atom stereocenters. The van der Waals surface area contributed by atoms with Gasteiger partial charge in [0.25, 0.3) is 0 Å². The summed E-state index contributed by atoms with van der Waals surface area (Å²) >= 11 is 0. The van der Waals surface area contributed by atoms with Gasteiger partial charge in [-0.25, -0.2) is 9.97 Å². The molecule has 2 rings (SSSR count). The monoisotopic (exact) mass is 216 g/mol. The maximum Gasteiger partial charge on any atom is 0.146 e. The summed E-state index contributed by atoms with van der Waals surface area (Å²) in [5.74, 6) is 2.13. The van der Waals surface area contributed by atoms with Gasteiger partial charge in [-0.05, 0) is 12.8 Å². The molecule has 1 aliphatic carbocycles. The molecule has 0 saturated heterocycles. The molecule has 1 heterocycles. The van der Waals surface area contributed by atoms with Crippen LogP contribution in [-0.2, 0) is 0 Å². The lowest BCUT2D eigenvalue weighted by Crippen LogP contribution is -2.14. The van der Waals surface area contributed by atoms with Gasteiger partial charge in [0.15, 0.2) is 0 Å². The Hall–Kier alpha value is -1.63. The fraction of sp³-hybridized carbons (Fsp3) is 0.583. The smallest absolute Gasteiger partial charge is 0.146 e. The minimum absolute atomic E-state index is 0.451. The normalized spacial score (nSPS) is 16.1. The van der Waals surface area contributed by atoms with Gasteiger partial charge in [0.05, 0.1) is 0 Å². The Kier molecular flexibility index (Phi) is 3.04. The molecule has 1 saturated carbocycles. The highest BCUT2D eigenvalue weighted by Crippen LogP contribution is 2.32. The Labute approximate surface area is 95.9 Å². The number of hydrogen-bond acceptors (Lipinski definition) is 4. The molecule has 1 aromatic heterocycles. The maximum atomic E-state index is 8.95. The third-order valence-electron chi connectivity index (χ3n) is 3.02. The molecule has 0 atom stereocenters. The SMILES string of the molecule is CN(C)c1cc(C#N)nc(C2CCCC2)n1. The second kappa shape index (κ2) is 4.48. The third kappa shape index (κ3) is 2.13. The summed E-state index contributed by atoms with van der Waals surface area (Å²) in [6.45, 7) is 0. The molecule has 1 aromatic rings. The molecule has 0 amide bonds. The molecule has 0 spiro atoms. The maximum absolute atomic E-state index is 8.95. The zero-order valence-corrected chi connectivity index (χ0v) is 9.77. The summed E-state index contributed by atoms with van der Waals surface area (Å²) in [6, 6.07) is 3.84. The molecule has 4 heteroatoms. The van der Waals surface area contributed by atoms with E-state index in [1.807, 2.05) is 19.0 Å². The second-order valence-electron chi connectivity index (χ2n) is 4.46. The van der Waals surface area contributed by atoms with Crippen LogP contribution in [0.4, 0.5) is 5.82 Å². The van der Waals surface area contributed by atoms with Crippen LogP contribution >= 0.6 is 0 Å². The summed E-state index contributed by atoms with van der Waals surface area (Å²) in [7, 11) is 3.86. The van der Waals surface area contributed by atoms with Crippen LogP contribution in [0.5, 0.6) is 0 Å². The van der Waals surface area contributed by atoms with Gasteiger partial charge in [-0.15, -0.1) is 0 Å². The predicted molar refractivity (Wildman–Crippen MR) is 62.3 cm³/mol. The van der Waals surface area contributed by atoms with Gasteiger partial charge >= 0.3 is 0 Å². The molecular weight excluding hydrogens is 200 g/mol. The minimum Gasteiger partial charge on any atom is -0.363 e. The number of nitriles is 1. The van der Waals surface area contributed by atoms with E-state index in [4.69, 9.17) is 5.26 Å². The molecule has 0 radical (unpaired) electrons. The van der Waals surface area contributed by atoms with Gasteiger partial charge in [0.1, 0.15) is 23.4 Å². The predicted octanol–water partition coefficient (Wildman–Crippen LogP) is 2.07. The number of aromatic nitrogens is 2. The Balaban J connectivity index is 2.37. The van der Waals surface area contributed by atoms with E-state index in [0.29, 0.717) is 11.6 Å². The minimum atomic E-state index is 0.451. The number of nitrogens with zero attached hydrogens (tertiary/aromatic N) is 4. The number of hydrogen-bond donors (Lipinski definition) is 0. The third-order valence-corrected chi connectivity index (χ3v) is 3.02. The summed E-state index contributed by atoms with van der Waals surface area (Å²) < 4.78 is 0. The van der Waals surface area contributed by atoms with E-state index >= 15 is 0 Å². The Bertz CT molecular complexity index is 414. The van der Waals surface area contributed by atoms with Crippen molar-refractivity contribution >= 4 is 5.82 Å². The fourth-order valence-corrected chi connectivity index (χ4v) is 2.11. The largest absolute Gasteiger partial charge is 0.363 e. The van der Waals surface area contributed by atoms with Crippen LogP contribution in [0.15, 0.2) is 6.07 Å². The summed E-state index contributed by atoms with van der Waals surface area (Å²) in [6.07, 6.45) is 4.81. The summed E-state index contributed by atoms with van der Waals surface area (Å²) in [4.78, 5) is 10.8. The average molecular weight is 216 g/mol. The lowest BCUT2D eigenvalue weighted by atomic mass is 10.1. The topological polar surface area (TPSA) is 52.8 Å². The fourth-order valence-electron chi connectivity index (χ4n) is 2.11. The number of rotatable bonds is 2. The Morgan fingerprint density at radius 3 is 2.56 bits per heavy atom. The summed E-state index contributed by atoms with van der Waals surface area (Å²) in [5, 5.41) is 8.95. The van der Waals surface area contributed by atoms with Gasteiger partial charge in [0.2, 0.25) is 0 Å². The first kappa shape index (κ1) is 10.9. The zero-order valence-electron chi connectivity index (χ0n) is 9.77. The van der Waals surface area contributed by atoms with Crippen molar-refractivity contribution in [2.24, 2.45) is 0 Å². The highest BCUT2D eigenvalue weighted by Gasteiger charge is 2.21. The van der Waals surface area contributed by atoms with Crippen LogP contribution in [-0.4, -0.2) is 24.1 Å². The molecule has 4 nitrogen and oxygen atoms in total. The van der Waals surface area contributed by atoms with E-state index in [1.165, 1.54) is 12.8 Å². The summed E-state index contributed by atoms with van der Waals surface area (Å²) in [5.41, 5.74) is 0.473. The Morgan fingerprint density at radius 2 is 2.00 bits per heavy atom. The van der Waals surface area contributed by atoms with Gasteiger partial charge in [-0.2, -0.15) is 5.26 Å². The zero-order chi connectivity index (χ0) is 11.5. The molecule has 0 aliphatic heterocycles. The van der Waals surface area contributed by atoms with Crippen LogP contribution < -0.4 is 4.90 Å². The van der Waals surface area contributed by atoms with Crippen LogP contribution in [0.2, 0.25) is 0 Å². The molecule has 0 N–H and O–H groups in total. The second-order valence-corrected chi connectivity index (χ2v) is 4.46. The van der Waals surface area contributed by atoms with Crippen molar-refractivity contribution in [3.05, 3.63) is 17.6 Å². The van der Waals surface area contributed by atoms with E-state index in [1.54, 1.807) is 6.07 Å². The first-order chi connectivity index (χ1) is 7.70. The number of anilines is 1. The van der Waals surface area contributed by atoms with Crippen LogP contribution in [0, 0.1) is 11.3 Å². The molecule has 16 heavy (non-hydrogen) atoms. The van der Waals surface area contributed by atoms with E-state index in [-0.39, 0.29) is 0 Å². The first-order valence-corrected chi connectivity index (χ1v) is 5.67. The van der Waals surface area contributed by atoms with E-state index in [0.717, 1.165) is 24.5 Å². The van der Waals surface area contributed by atoms with Crippen molar-refractivity contribution in [1.82, 2.24) is 9.97 Å². The van der Waals surface area contributed by atoms with Gasteiger partial charge in [-0.1, -0.05) is 12.8 Å². The van der Waals surface area contributed by atoms with Crippen LogP contribution in [0.25, 0.3) is 0 Å². The van der Waals surface area contributed by atoms with Crippen molar-refractivity contribution < 1.29 is 0 Å². The molecule has 1 aliphatic rings. The molecule has 1 fully saturated rings. The quantitative estimate of drug-likeness (QED) is 0.759. The first-order valence-electron chi connectivity index (χ1n) is 5.67. The van der Waals surface area contributed by atoms with E-state index in [2.05, 4.69) is 16.0 Å². The Morgan fingerprint density at radius 1 is 1.31 bits per heavy atom. The van der Waals surface area contributed by atoms with Crippen molar-refractivity contribution in [3.8, 4) is 6.07 Å². The van der Waals surface area contributed by atoms with Gasteiger partial charge in [0, 0.05) is 26.1 Å². The van der Waals surface area contributed by atoms with E-state index in [9.17, 15) is 0 Å². The van der Waals surface area contributed by atoms with Gasteiger partial charge in [-0.3, -0.25) is 0 Å². The molecule has 0 aromatic carbocycles. The highest BCUT2D eigenvalue weighted by molar-refractivity contribution is 5.41. The molecule has 84 valence electrons.